The lowest BCUT2D eigenvalue weighted by Gasteiger charge is -2.14. The van der Waals surface area contributed by atoms with Crippen molar-refractivity contribution in [2.75, 3.05) is 11.9 Å². The SMILES string of the molecule is CC(F)c1ncnc(NCCc2ccc(Cl)cc2C(F)(F)F)c1Cl. The number of alkyl halides is 4. The summed E-state index contributed by atoms with van der Waals surface area (Å²) in [4.78, 5) is 7.61. The highest BCUT2D eigenvalue weighted by molar-refractivity contribution is 6.33. The Morgan fingerprint density at radius 3 is 2.54 bits per heavy atom. The van der Waals surface area contributed by atoms with Crippen molar-refractivity contribution in [3.63, 3.8) is 0 Å². The third-order valence-corrected chi connectivity index (χ3v) is 3.87. The van der Waals surface area contributed by atoms with Gasteiger partial charge in [0.15, 0.2) is 0 Å². The smallest absolute Gasteiger partial charge is 0.368 e. The van der Waals surface area contributed by atoms with Crippen LogP contribution >= 0.6 is 23.2 Å². The third-order valence-electron chi connectivity index (χ3n) is 3.26. The van der Waals surface area contributed by atoms with E-state index in [0.717, 1.165) is 12.4 Å². The molecule has 0 saturated heterocycles. The van der Waals surface area contributed by atoms with Gasteiger partial charge in [-0.25, -0.2) is 14.4 Å². The molecule has 1 unspecified atom stereocenters. The average molecular weight is 382 g/mol. The van der Waals surface area contributed by atoms with E-state index in [1.165, 1.54) is 19.1 Å². The highest BCUT2D eigenvalue weighted by Crippen LogP contribution is 2.34. The summed E-state index contributed by atoms with van der Waals surface area (Å²) in [7, 11) is 0. The molecule has 3 nitrogen and oxygen atoms in total. The van der Waals surface area contributed by atoms with Gasteiger partial charge in [0.2, 0.25) is 0 Å². The van der Waals surface area contributed by atoms with Gasteiger partial charge in [-0.15, -0.1) is 0 Å². The fourth-order valence-corrected chi connectivity index (χ4v) is 2.62. The minimum Gasteiger partial charge on any atom is -0.368 e. The zero-order valence-corrected chi connectivity index (χ0v) is 14.0. The molecule has 9 heteroatoms. The van der Waals surface area contributed by atoms with Gasteiger partial charge in [-0.2, -0.15) is 13.2 Å². The Kier molecular flexibility index (Phi) is 5.87. The van der Waals surface area contributed by atoms with Crippen LogP contribution in [0.15, 0.2) is 24.5 Å². The molecule has 0 saturated carbocycles. The average Bonchev–Trinajstić information content (AvgIpc) is 2.49. The summed E-state index contributed by atoms with van der Waals surface area (Å²) in [6.07, 6.45) is -4.67. The highest BCUT2D eigenvalue weighted by atomic mass is 35.5. The fourth-order valence-electron chi connectivity index (χ4n) is 2.13. The van der Waals surface area contributed by atoms with E-state index in [4.69, 9.17) is 23.2 Å². The number of benzene rings is 1. The topological polar surface area (TPSA) is 37.8 Å². The zero-order valence-electron chi connectivity index (χ0n) is 12.5. The summed E-state index contributed by atoms with van der Waals surface area (Å²) in [5, 5.41) is 2.83. The molecule has 0 amide bonds. The van der Waals surface area contributed by atoms with Gasteiger partial charge in [0.05, 0.1) is 11.3 Å². The maximum absolute atomic E-state index is 13.3. The Hall–Kier alpha value is -1.60. The first-order valence-corrected chi connectivity index (χ1v) is 7.69. The normalized spacial score (nSPS) is 13.0. The lowest BCUT2D eigenvalue weighted by molar-refractivity contribution is -0.138. The number of nitrogens with zero attached hydrogens (tertiary/aromatic N) is 2. The third kappa shape index (κ3) is 4.48. The first kappa shape index (κ1) is 18.7. The second-order valence-corrected chi connectivity index (χ2v) is 5.83. The molecule has 130 valence electrons. The van der Waals surface area contributed by atoms with E-state index in [9.17, 15) is 17.6 Å². The Morgan fingerprint density at radius 1 is 1.21 bits per heavy atom. The van der Waals surface area contributed by atoms with Crippen molar-refractivity contribution in [3.8, 4) is 0 Å². The largest absolute Gasteiger partial charge is 0.416 e. The molecule has 0 fully saturated rings. The second-order valence-electron chi connectivity index (χ2n) is 5.01. The molecular weight excluding hydrogens is 369 g/mol. The molecule has 1 atom stereocenters. The van der Waals surface area contributed by atoms with Gasteiger partial charge in [-0.05, 0) is 31.0 Å². The lowest BCUT2D eigenvalue weighted by Crippen LogP contribution is -2.13. The minimum absolute atomic E-state index is 0.0134. The fraction of sp³-hybridized carbons (Fsp3) is 0.333. The van der Waals surface area contributed by atoms with Gasteiger partial charge >= 0.3 is 6.18 Å². The molecule has 1 aromatic heterocycles. The van der Waals surface area contributed by atoms with Crippen molar-refractivity contribution < 1.29 is 17.6 Å². The van der Waals surface area contributed by atoms with Gasteiger partial charge < -0.3 is 5.32 Å². The number of hydrogen-bond acceptors (Lipinski definition) is 3. The predicted octanol–water partition coefficient (Wildman–Crippen LogP) is 5.49. The van der Waals surface area contributed by atoms with E-state index in [2.05, 4.69) is 15.3 Å². The van der Waals surface area contributed by atoms with Crippen molar-refractivity contribution in [1.82, 2.24) is 9.97 Å². The summed E-state index contributed by atoms with van der Waals surface area (Å²) in [5.41, 5.74) is -0.677. The summed E-state index contributed by atoms with van der Waals surface area (Å²) in [6, 6.07) is 3.60. The predicted molar refractivity (Wildman–Crippen MR) is 85.2 cm³/mol. The monoisotopic (exact) mass is 381 g/mol. The standard InChI is InChI=1S/C15H13Cl2F4N3/c1-8(18)13-12(17)14(24-7-23-13)22-5-4-9-2-3-10(16)6-11(9)15(19,20)21/h2-3,6-8H,4-5H2,1H3,(H,22,23,24). The minimum atomic E-state index is -4.50. The van der Waals surface area contributed by atoms with E-state index >= 15 is 0 Å². The van der Waals surface area contributed by atoms with Crippen LogP contribution in [0.3, 0.4) is 0 Å². The molecule has 0 spiro atoms. The first-order chi connectivity index (χ1) is 11.2. The quantitative estimate of drug-likeness (QED) is 0.696. The molecule has 2 rings (SSSR count). The van der Waals surface area contributed by atoms with Crippen molar-refractivity contribution in [2.24, 2.45) is 0 Å². The van der Waals surface area contributed by atoms with Gasteiger partial charge in [0, 0.05) is 11.6 Å². The van der Waals surface area contributed by atoms with Gasteiger partial charge in [-0.3, -0.25) is 0 Å². The number of nitrogens with one attached hydrogen (secondary N) is 1. The molecule has 24 heavy (non-hydrogen) atoms. The van der Waals surface area contributed by atoms with Crippen LogP contribution in [0, 0.1) is 0 Å². The Labute approximate surface area is 146 Å². The molecule has 1 N–H and O–H groups in total. The van der Waals surface area contributed by atoms with Gasteiger partial charge in [0.1, 0.15) is 23.3 Å². The van der Waals surface area contributed by atoms with Gasteiger partial charge in [-0.1, -0.05) is 29.3 Å². The lowest BCUT2D eigenvalue weighted by atomic mass is 10.0. The van der Waals surface area contributed by atoms with Crippen LogP contribution in [0.1, 0.15) is 29.9 Å². The molecular formula is C15H13Cl2F4N3. The van der Waals surface area contributed by atoms with Crippen molar-refractivity contribution >= 4 is 29.0 Å². The van der Waals surface area contributed by atoms with E-state index in [1.807, 2.05) is 0 Å². The number of halogens is 6. The zero-order chi connectivity index (χ0) is 17.9. The van der Waals surface area contributed by atoms with Crippen LogP contribution in [0.2, 0.25) is 10.0 Å². The van der Waals surface area contributed by atoms with Crippen molar-refractivity contribution in [2.45, 2.75) is 25.7 Å². The Balaban J connectivity index is 2.12. The second kappa shape index (κ2) is 7.53. The first-order valence-electron chi connectivity index (χ1n) is 6.94. The molecule has 0 radical (unpaired) electrons. The molecule has 0 aliphatic carbocycles. The highest BCUT2D eigenvalue weighted by Gasteiger charge is 2.33. The van der Waals surface area contributed by atoms with Crippen LogP contribution in [0.4, 0.5) is 23.4 Å². The number of anilines is 1. The van der Waals surface area contributed by atoms with Crippen LogP contribution < -0.4 is 5.32 Å². The molecule has 0 aliphatic rings. The van der Waals surface area contributed by atoms with Crippen LogP contribution in [-0.4, -0.2) is 16.5 Å². The number of aromatic nitrogens is 2. The molecule has 2 aromatic rings. The van der Waals surface area contributed by atoms with E-state index < -0.39 is 17.9 Å². The van der Waals surface area contributed by atoms with E-state index in [-0.39, 0.29) is 40.1 Å². The van der Waals surface area contributed by atoms with Gasteiger partial charge in [0.25, 0.3) is 0 Å². The summed E-state index contributed by atoms with van der Waals surface area (Å²) in [5.74, 6) is 0.175. The molecule has 0 bridgehead atoms. The number of hydrogen-bond donors (Lipinski definition) is 1. The summed E-state index contributed by atoms with van der Waals surface area (Å²) >= 11 is 11.6. The maximum Gasteiger partial charge on any atom is 0.416 e. The Bertz CT molecular complexity index is 720. The van der Waals surface area contributed by atoms with E-state index in [0.29, 0.717) is 0 Å². The Morgan fingerprint density at radius 2 is 1.92 bits per heavy atom. The maximum atomic E-state index is 13.3. The van der Waals surface area contributed by atoms with E-state index in [1.54, 1.807) is 0 Å². The molecule has 0 aliphatic heterocycles. The summed E-state index contributed by atoms with van der Waals surface area (Å²) < 4.78 is 52.4. The number of rotatable bonds is 5. The van der Waals surface area contributed by atoms with Crippen molar-refractivity contribution in [3.05, 3.63) is 51.4 Å². The molecule has 1 heterocycles. The van der Waals surface area contributed by atoms with Crippen LogP contribution in [-0.2, 0) is 12.6 Å². The summed E-state index contributed by atoms with van der Waals surface area (Å²) in [6.45, 7) is 1.41. The molecule has 1 aromatic carbocycles. The van der Waals surface area contributed by atoms with Crippen molar-refractivity contribution in [1.29, 1.82) is 0 Å². The van der Waals surface area contributed by atoms with Crippen LogP contribution in [0.5, 0.6) is 0 Å². The van der Waals surface area contributed by atoms with Crippen LogP contribution in [0.25, 0.3) is 0 Å².